The Labute approximate surface area is 161 Å². The van der Waals surface area contributed by atoms with Crippen LogP contribution < -0.4 is 5.32 Å². The van der Waals surface area contributed by atoms with Crippen molar-refractivity contribution in [1.82, 2.24) is 10.2 Å². The highest BCUT2D eigenvalue weighted by Gasteiger charge is 2.29. The van der Waals surface area contributed by atoms with Crippen molar-refractivity contribution in [3.05, 3.63) is 35.4 Å². The molecule has 1 fully saturated rings. The molecule has 1 heterocycles. The first-order chi connectivity index (χ1) is 10.6. The second-order valence-electron chi connectivity index (χ2n) is 6.82. The van der Waals surface area contributed by atoms with E-state index in [0.717, 1.165) is 32.1 Å². The summed E-state index contributed by atoms with van der Waals surface area (Å²) in [6.45, 7) is 10.8. The summed E-state index contributed by atoms with van der Waals surface area (Å²) < 4.78 is 0.317. The van der Waals surface area contributed by atoms with Crippen LogP contribution in [0.25, 0.3) is 0 Å². The molecule has 3 nitrogen and oxygen atoms in total. The summed E-state index contributed by atoms with van der Waals surface area (Å²) in [4.78, 5) is 7.38. The molecule has 1 unspecified atom stereocenters. The van der Waals surface area contributed by atoms with Crippen LogP contribution in [0.1, 0.15) is 37.8 Å². The summed E-state index contributed by atoms with van der Waals surface area (Å²) in [5.41, 5.74) is 3.00. The van der Waals surface area contributed by atoms with Gasteiger partial charge in [-0.2, -0.15) is 11.8 Å². The molecule has 3 rings (SSSR count). The van der Waals surface area contributed by atoms with E-state index in [0.29, 0.717) is 10.7 Å². The van der Waals surface area contributed by atoms with Crippen LogP contribution in [0.5, 0.6) is 0 Å². The van der Waals surface area contributed by atoms with Crippen LogP contribution in [0, 0.1) is 0 Å². The van der Waals surface area contributed by atoms with Gasteiger partial charge in [-0.15, -0.1) is 24.0 Å². The summed E-state index contributed by atoms with van der Waals surface area (Å²) in [6, 6.07) is 8.78. The van der Waals surface area contributed by atoms with E-state index in [2.05, 4.69) is 67.0 Å². The molecule has 1 N–H and O–H groups in total. The minimum Gasteiger partial charge on any atom is -0.357 e. The Morgan fingerprint density at radius 2 is 2.17 bits per heavy atom. The van der Waals surface area contributed by atoms with E-state index in [9.17, 15) is 0 Å². The molecule has 1 aliphatic heterocycles. The van der Waals surface area contributed by atoms with Gasteiger partial charge < -0.3 is 10.2 Å². The molecular weight excluding hydrogens is 417 g/mol. The number of fused-ring (bicyclic) bond motifs is 1. The lowest BCUT2D eigenvalue weighted by atomic mass is 9.78. The van der Waals surface area contributed by atoms with E-state index in [4.69, 9.17) is 4.99 Å². The van der Waals surface area contributed by atoms with E-state index in [1.54, 1.807) is 0 Å². The van der Waals surface area contributed by atoms with Gasteiger partial charge in [0.15, 0.2) is 5.96 Å². The van der Waals surface area contributed by atoms with Gasteiger partial charge in [0.05, 0.1) is 0 Å². The fourth-order valence-corrected chi connectivity index (χ4v) is 4.46. The quantitative estimate of drug-likeness (QED) is 0.437. The average molecular weight is 445 g/mol. The molecule has 1 atom stereocenters. The molecule has 1 aromatic carbocycles. The lowest BCUT2D eigenvalue weighted by molar-refractivity contribution is 0.375. The van der Waals surface area contributed by atoms with Crippen LogP contribution in [-0.4, -0.2) is 47.5 Å². The molecule has 1 aliphatic carbocycles. The second-order valence-corrected chi connectivity index (χ2v) is 8.63. The third-order valence-electron chi connectivity index (χ3n) is 4.48. The summed E-state index contributed by atoms with van der Waals surface area (Å²) in [7, 11) is 0. The highest BCUT2D eigenvalue weighted by molar-refractivity contribution is 14.0. The van der Waals surface area contributed by atoms with E-state index >= 15 is 0 Å². The third-order valence-corrected chi connectivity index (χ3v) is 5.78. The van der Waals surface area contributed by atoms with Gasteiger partial charge >= 0.3 is 0 Å². The fourth-order valence-electron chi connectivity index (χ4n) is 3.35. The summed E-state index contributed by atoms with van der Waals surface area (Å²) in [6.07, 6.45) is 1.18. The van der Waals surface area contributed by atoms with Crippen molar-refractivity contribution in [3.8, 4) is 0 Å². The number of halogens is 1. The van der Waals surface area contributed by atoms with Gasteiger partial charge in [0.1, 0.15) is 0 Å². The number of hydrogen-bond acceptors (Lipinski definition) is 2. The number of benzene rings is 1. The Kier molecular flexibility index (Phi) is 6.66. The first-order valence-electron chi connectivity index (χ1n) is 8.34. The standard InChI is InChI=1S/C18H27N3S.HI/c1-4-19-17(21-9-10-22-18(2,3)13-21)20-12-15-11-14-7-5-6-8-16(14)15;/h5-8,15H,4,9-13H2,1-3H3,(H,19,20);1H. The number of thioether (sulfide) groups is 1. The van der Waals surface area contributed by atoms with Gasteiger partial charge in [0.2, 0.25) is 0 Å². The zero-order valence-corrected chi connectivity index (χ0v) is 17.5. The van der Waals surface area contributed by atoms with E-state index < -0.39 is 0 Å². The molecule has 23 heavy (non-hydrogen) atoms. The van der Waals surface area contributed by atoms with Crippen molar-refractivity contribution >= 4 is 41.7 Å². The number of hydrogen-bond donors (Lipinski definition) is 1. The minimum absolute atomic E-state index is 0. The lowest BCUT2D eigenvalue weighted by Crippen LogP contribution is -2.51. The van der Waals surface area contributed by atoms with Gasteiger partial charge in [-0.25, -0.2) is 0 Å². The smallest absolute Gasteiger partial charge is 0.194 e. The summed E-state index contributed by atoms with van der Waals surface area (Å²) >= 11 is 2.07. The monoisotopic (exact) mass is 445 g/mol. The van der Waals surface area contributed by atoms with Gasteiger partial charge in [-0.05, 0) is 38.3 Å². The predicted molar refractivity (Wildman–Crippen MR) is 112 cm³/mol. The molecule has 128 valence electrons. The Morgan fingerprint density at radius 3 is 2.87 bits per heavy atom. The average Bonchev–Trinajstić information content (AvgIpc) is 2.46. The molecule has 0 aromatic heterocycles. The molecule has 0 radical (unpaired) electrons. The molecule has 0 spiro atoms. The van der Waals surface area contributed by atoms with Gasteiger partial charge in [0.25, 0.3) is 0 Å². The van der Waals surface area contributed by atoms with Crippen LogP contribution in [0.4, 0.5) is 0 Å². The zero-order valence-electron chi connectivity index (χ0n) is 14.3. The maximum absolute atomic E-state index is 4.95. The largest absolute Gasteiger partial charge is 0.357 e. The van der Waals surface area contributed by atoms with Crippen molar-refractivity contribution in [1.29, 1.82) is 0 Å². The Balaban J connectivity index is 0.00000192. The first-order valence-corrected chi connectivity index (χ1v) is 9.32. The van der Waals surface area contributed by atoms with Crippen molar-refractivity contribution in [3.63, 3.8) is 0 Å². The zero-order chi connectivity index (χ0) is 15.6. The van der Waals surface area contributed by atoms with Crippen LogP contribution in [0.2, 0.25) is 0 Å². The van der Waals surface area contributed by atoms with Crippen LogP contribution >= 0.6 is 35.7 Å². The molecule has 2 aliphatic rings. The highest BCUT2D eigenvalue weighted by Crippen LogP contribution is 2.35. The van der Waals surface area contributed by atoms with Gasteiger partial charge in [-0.3, -0.25) is 4.99 Å². The first kappa shape index (κ1) is 18.9. The van der Waals surface area contributed by atoms with Crippen molar-refractivity contribution in [2.75, 3.05) is 31.9 Å². The van der Waals surface area contributed by atoms with Crippen molar-refractivity contribution in [2.45, 2.75) is 37.9 Å². The Morgan fingerprint density at radius 1 is 1.39 bits per heavy atom. The van der Waals surface area contributed by atoms with Crippen LogP contribution in [0.3, 0.4) is 0 Å². The molecule has 0 amide bonds. The van der Waals surface area contributed by atoms with E-state index in [1.165, 1.54) is 23.3 Å². The maximum atomic E-state index is 4.95. The maximum Gasteiger partial charge on any atom is 0.194 e. The topological polar surface area (TPSA) is 27.6 Å². The van der Waals surface area contributed by atoms with Gasteiger partial charge in [0, 0.05) is 42.6 Å². The molecule has 1 aromatic rings. The third kappa shape index (κ3) is 4.56. The number of nitrogens with zero attached hydrogens (tertiary/aromatic N) is 2. The van der Waals surface area contributed by atoms with Crippen LogP contribution in [0.15, 0.2) is 29.3 Å². The molecular formula is C18H28IN3S. The Bertz CT molecular complexity index is 559. The SMILES string of the molecule is CCNC(=NCC1Cc2ccccc21)N1CCSC(C)(C)C1.I. The fraction of sp³-hybridized carbons (Fsp3) is 0.611. The summed E-state index contributed by atoms with van der Waals surface area (Å²) in [5.74, 6) is 2.89. The second kappa shape index (κ2) is 8.10. The molecule has 1 saturated heterocycles. The van der Waals surface area contributed by atoms with Crippen molar-refractivity contribution < 1.29 is 0 Å². The van der Waals surface area contributed by atoms with E-state index in [1.807, 2.05) is 0 Å². The number of guanidine groups is 1. The number of aliphatic imine (C=N–C) groups is 1. The molecule has 5 heteroatoms. The van der Waals surface area contributed by atoms with Crippen LogP contribution in [-0.2, 0) is 6.42 Å². The molecule has 0 bridgehead atoms. The minimum atomic E-state index is 0. The number of nitrogens with one attached hydrogen (secondary N) is 1. The normalized spacial score (nSPS) is 22.7. The molecule has 0 saturated carbocycles. The van der Waals surface area contributed by atoms with E-state index in [-0.39, 0.29) is 24.0 Å². The highest BCUT2D eigenvalue weighted by atomic mass is 127. The Hall–Kier alpha value is -0.430. The number of rotatable bonds is 3. The summed E-state index contributed by atoms with van der Waals surface area (Å²) in [5, 5.41) is 3.48. The lowest BCUT2D eigenvalue weighted by Gasteiger charge is -2.39. The van der Waals surface area contributed by atoms with Crippen molar-refractivity contribution in [2.24, 2.45) is 4.99 Å². The predicted octanol–water partition coefficient (Wildman–Crippen LogP) is 3.74. The van der Waals surface area contributed by atoms with Gasteiger partial charge in [-0.1, -0.05) is 24.3 Å².